The van der Waals surface area contributed by atoms with Crippen LogP contribution in [0.1, 0.15) is 18.0 Å². The van der Waals surface area contributed by atoms with Crippen LogP contribution in [-0.4, -0.2) is 26.4 Å². The number of carbonyl (C=O) groups excluding carboxylic acids is 1. The summed E-state index contributed by atoms with van der Waals surface area (Å²) in [5.74, 6) is 1.21. The highest BCUT2D eigenvalue weighted by molar-refractivity contribution is 5.91. The Morgan fingerprint density at radius 2 is 1.88 bits per heavy atom. The third kappa shape index (κ3) is 4.20. The summed E-state index contributed by atoms with van der Waals surface area (Å²) in [4.78, 5) is 12.3. The van der Waals surface area contributed by atoms with Gasteiger partial charge in [0.1, 0.15) is 11.5 Å². The van der Waals surface area contributed by atoms with E-state index in [0.29, 0.717) is 17.2 Å². The maximum Gasteiger partial charge on any atom is 0.320 e. The molecule has 2 atom stereocenters. The number of ether oxygens (including phenoxy) is 2. The molecular weight excluding hydrogens is 320 g/mol. The van der Waals surface area contributed by atoms with E-state index in [-0.39, 0.29) is 18.2 Å². The molecule has 132 valence electrons. The Labute approximate surface area is 146 Å². The SMILES string of the molecule is COc1ccc(OC)c(NC(=O)NC2CC(c3ccccc3)NN2)c1. The van der Waals surface area contributed by atoms with Crippen LogP contribution < -0.4 is 31.0 Å². The molecule has 2 aromatic carbocycles. The van der Waals surface area contributed by atoms with Gasteiger partial charge < -0.3 is 20.1 Å². The summed E-state index contributed by atoms with van der Waals surface area (Å²) in [5.41, 5.74) is 8.01. The number of methoxy groups -OCH3 is 2. The monoisotopic (exact) mass is 342 g/mol. The van der Waals surface area contributed by atoms with E-state index in [4.69, 9.17) is 9.47 Å². The lowest BCUT2D eigenvalue weighted by atomic mass is 10.0. The molecule has 0 aliphatic carbocycles. The molecule has 0 radical (unpaired) electrons. The molecule has 7 heteroatoms. The van der Waals surface area contributed by atoms with E-state index >= 15 is 0 Å². The smallest absolute Gasteiger partial charge is 0.320 e. The summed E-state index contributed by atoms with van der Waals surface area (Å²) < 4.78 is 10.4. The largest absolute Gasteiger partial charge is 0.497 e. The highest BCUT2D eigenvalue weighted by atomic mass is 16.5. The van der Waals surface area contributed by atoms with Crippen LogP contribution in [0.3, 0.4) is 0 Å². The van der Waals surface area contributed by atoms with E-state index in [2.05, 4.69) is 33.6 Å². The van der Waals surface area contributed by atoms with Gasteiger partial charge in [0.05, 0.1) is 26.1 Å². The van der Waals surface area contributed by atoms with Crippen molar-refractivity contribution in [2.75, 3.05) is 19.5 Å². The molecule has 0 aromatic heterocycles. The highest BCUT2D eigenvalue weighted by Gasteiger charge is 2.26. The third-order valence-corrected chi connectivity index (χ3v) is 4.07. The van der Waals surface area contributed by atoms with E-state index in [1.54, 1.807) is 32.4 Å². The van der Waals surface area contributed by atoms with Crippen molar-refractivity contribution in [1.29, 1.82) is 0 Å². The Balaban J connectivity index is 1.58. The van der Waals surface area contributed by atoms with E-state index < -0.39 is 0 Å². The summed E-state index contributed by atoms with van der Waals surface area (Å²) in [7, 11) is 3.13. The van der Waals surface area contributed by atoms with Crippen LogP contribution in [0, 0.1) is 0 Å². The molecule has 2 aromatic rings. The van der Waals surface area contributed by atoms with E-state index in [9.17, 15) is 4.79 Å². The number of hydrazine groups is 1. The van der Waals surface area contributed by atoms with Crippen molar-refractivity contribution in [1.82, 2.24) is 16.2 Å². The molecule has 3 rings (SSSR count). The van der Waals surface area contributed by atoms with Gasteiger partial charge in [0, 0.05) is 18.5 Å². The molecular formula is C18H22N4O3. The van der Waals surface area contributed by atoms with Gasteiger partial charge >= 0.3 is 6.03 Å². The van der Waals surface area contributed by atoms with Gasteiger partial charge in [0.2, 0.25) is 0 Å². The maximum atomic E-state index is 12.3. The van der Waals surface area contributed by atoms with Crippen molar-refractivity contribution < 1.29 is 14.3 Å². The lowest BCUT2D eigenvalue weighted by Crippen LogP contribution is -2.45. The average Bonchev–Trinajstić information content (AvgIpc) is 3.10. The summed E-state index contributed by atoms with van der Waals surface area (Å²) in [6.07, 6.45) is 0.564. The zero-order valence-electron chi connectivity index (χ0n) is 14.2. The van der Waals surface area contributed by atoms with E-state index in [1.165, 1.54) is 5.56 Å². The fraction of sp³-hybridized carbons (Fsp3) is 0.278. The number of hydrogen-bond acceptors (Lipinski definition) is 5. The number of carbonyl (C=O) groups is 1. The average molecular weight is 342 g/mol. The first kappa shape index (κ1) is 17.1. The minimum absolute atomic E-state index is 0.151. The summed E-state index contributed by atoms with van der Waals surface area (Å²) in [6, 6.07) is 15.2. The topological polar surface area (TPSA) is 83.7 Å². The van der Waals surface area contributed by atoms with Crippen molar-refractivity contribution in [3.8, 4) is 11.5 Å². The van der Waals surface area contributed by atoms with Crippen LogP contribution in [0.25, 0.3) is 0 Å². The van der Waals surface area contributed by atoms with E-state index in [1.807, 2.05) is 18.2 Å². The predicted molar refractivity (Wildman–Crippen MR) is 95.6 cm³/mol. The number of nitrogens with one attached hydrogen (secondary N) is 4. The molecule has 1 aliphatic rings. The second-order valence-electron chi connectivity index (χ2n) is 5.70. The van der Waals surface area contributed by atoms with Gasteiger partial charge in [-0.1, -0.05) is 30.3 Å². The molecule has 1 aliphatic heterocycles. The third-order valence-electron chi connectivity index (χ3n) is 4.07. The van der Waals surface area contributed by atoms with Gasteiger partial charge in [0.15, 0.2) is 0 Å². The molecule has 2 amide bonds. The number of rotatable bonds is 5. The van der Waals surface area contributed by atoms with Crippen LogP contribution in [0.2, 0.25) is 0 Å². The Bertz CT molecular complexity index is 724. The van der Waals surface area contributed by atoms with Gasteiger partial charge in [-0.3, -0.25) is 0 Å². The summed E-state index contributed by atoms with van der Waals surface area (Å²) >= 11 is 0. The Morgan fingerprint density at radius 3 is 2.60 bits per heavy atom. The first-order valence-corrected chi connectivity index (χ1v) is 8.05. The molecule has 1 saturated heterocycles. The Morgan fingerprint density at radius 1 is 1.08 bits per heavy atom. The second-order valence-corrected chi connectivity index (χ2v) is 5.70. The minimum atomic E-state index is -0.320. The molecule has 0 saturated carbocycles. The number of urea groups is 1. The van der Waals surface area contributed by atoms with Crippen LogP contribution in [0.4, 0.5) is 10.5 Å². The minimum Gasteiger partial charge on any atom is -0.497 e. The fourth-order valence-electron chi connectivity index (χ4n) is 2.78. The Hall–Kier alpha value is -2.77. The first-order valence-electron chi connectivity index (χ1n) is 8.05. The number of hydrogen-bond donors (Lipinski definition) is 4. The van der Waals surface area contributed by atoms with Crippen molar-refractivity contribution >= 4 is 11.7 Å². The Kier molecular flexibility index (Phi) is 5.37. The van der Waals surface area contributed by atoms with E-state index in [0.717, 1.165) is 6.42 Å². The summed E-state index contributed by atoms with van der Waals surface area (Å²) in [5, 5.41) is 5.69. The van der Waals surface area contributed by atoms with Gasteiger partial charge in [-0.2, -0.15) is 0 Å². The van der Waals surface area contributed by atoms with Crippen molar-refractivity contribution in [2.24, 2.45) is 0 Å². The van der Waals surface area contributed by atoms with Crippen LogP contribution >= 0.6 is 0 Å². The molecule has 2 unspecified atom stereocenters. The highest BCUT2D eigenvalue weighted by Crippen LogP contribution is 2.29. The number of anilines is 1. The molecule has 25 heavy (non-hydrogen) atoms. The molecule has 1 heterocycles. The van der Waals surface area contributed by atoms with Crippen LogP contribution in [0.15, 0.2) is 48.5 Å². The van der Waals surface area contributed by atoms with Crippen LogP contribution in [-0.2, 0) is 0 Å². The zero-order valence-corrected chi connectivity index (χ0v) is 14.2. The molecule has 7 nitrogen and oxygen atoms in total. The first-order chi connectivity index (χ1) is 12.2. The van der Waals surface area contributed by atoms with Gasteiger partial charge in [-0.15, -0.1) is 0 Å². The quantitative estimate of drug-likeness (QED) is 0.671. The van der Waals surface area contributed by atoms with Crippen molar-refractivity contribution in [3.63, 3.8) is 0 Å². The number of benzene rings is 2. The summed E-state index contributed by atoms with van der Waals surface area (Å²) in [6.45, 7) is 0. The van der Waals surface area contributed by atoms with Crippen molar-refractivity contribution in [2.45, 2.75) is 18.6 Å². The van der Waals surface area contributed by atoms with Crippen LogP contribution in [0.5, 0.6) is 11.5 Å². The van der Waals surface area contributed by atoms with Crippen molar-refractivity contribution in [3.05, 3.63) is 54.1 Å². The molecule has 0 spiro atoms. The lowest BCUT2D eigenvalue weighted by Gasteiger charge is -2.15. The van der Waals surface area contributed by atoms with Gasteiger partial charge in [0.25, 0.3) is 0 Å². The normalized spacial score (nSPS) is 19.3. The predicted octanol–water partition coefficient (Wildman–Crippen LogP) is 2.39. The standard InChI is InChI=1S/C18H22N4O3/c1-24-13-8-9-16(25-2)15(10-13)19-18(23)20-17-11-14(21-22-17)12-6-4-3-5-7-12/h3-10,14,17,21-22H,11H2,1-2H3,(H2,19,20,23). The maximum absolute atomic E-state index is 12.3. The molecule has 1 fully saturated rings. The lowest BCUT2D eigenvalue weighted by molar-refractivity contribution is 0.246. The second kappa shape index (κ2) is 7.87. The molecule has 4 N–H and O–H groups in total. The van der Waals surface area contributed by atoms with Gasteiger partial charge in [-0.05, 0) is 17.7 Å². The zero-order chi connectivity index (χ0) is 17.6. The fourth-order valence-corrected chi connectivity index (χ4v) is 2.78. The number of amides is 2. The molecule has 0 bridgehead atoms. The van der Waals surface area contributed by atoms with Gasteiger partial charge in [-0.25, -0.2) is 15.6 Å².